The van der Waals surface area contributed by atoms with Crippen LogP contribution in [0.25, 0.3) is 11.1 Å². The van der Waals surface area contributed by atoms with Crippen molar-refractivity contribution in [1.82, 2.24) is 24.4 Å². The SMILES string of the molecule is CN(C)c1ncc(-c2ccncc2)c([C@H]2CCCCN2C(=O)CCn2ccccc2=O)n1. The lowest BCUT2D eigenvalue weighted by molar-refractivity contribution is -0.135. The minimum Gasteiger partial charge on any atom is -0.347 e. The van der Waals surface area contributed by atoms with Crippen LogP contribution in [0.3, 0.4) is 0 Å². The summed E-state index contributed by atoms with van der Waals surface area (Å²) in [6.45, 7) is 1.05. The Morgan fingerprint density at radius 1 is 1.16 bits per heavy atom. The second-order valence-electron chi connectivity index (χ2n) is 8.18. The number of aromatic nitrogens is 4. The van der Waals surface area contributed by atoms with Gasteiger partial charge in [0.2, 0.25) is 11.9 Å². The van der Waals surface area contributed by atoms with Gasteiger partial charge >= 0.3 is 0 Å². The zero-order valence-corrected chi connectivity index (χ0v) is 18.5. The van der Waals surface area contributed by atoms with Crippen LogP contribution in [0.5, 0.6) is 0 Å². The summed E-state index contributed by atoms with van der Waals surface area (Å²) < 4.78 is 1.58. The molecule has 8 heteroatoms. The highest BCUT2D eigenvalue weighted by molar-refractivity contribution is 5.77. The molecular weight excluding hydrogens is 404 g/mol. The molecule has 0 N–H and O–H groups in total. The van der Waals surface area contributed by atoms with Gasteiger partial charge in [-0.1, -0.05) is 6.07 Å². The molecule has 1 amide bonds. The highest BCUT2D eigenvalue weighted by Crippen LogP contribution is 2.36. The van der Waals surface area contributed by atoms with Crippen molar-refractivity contribution < 1.29 is 4.79 Å². The fourth-order valence-corrected chi connectivity index (χ4v) is 4.13. The molecule has 4 heterocycles. The number of rotatable bonds is 6. The summed E-state index contributed by atoms with van der Waals surface area (Å²) in [4.78, 5) is 42.6. The lowest BCUT2D eigenvalue weighted by Crippen LogP contribution is -2.40. The number of carbonyl (C=O) groups excluding carboxylic acids is 1. The highest BCUT2D eigenvalue weighted by atomic mass is 16.2. The molecule has 0 aromatic carbocycles. The van der Waals surface area contributed by atoms with Crippen LogP contribution in [0.1, 0.15) is 37.4 Å². The number of aryl methyl sites for hydroxylation is 1. The molecule has 0 unspecified atom stereocenters. The summed E-state index contributed by atoms with van der Waals surface area (Å²) >= 11 is 0. The largest absolute Gasteiger partial charge is 0.347 e. The fraction of sp³-hybridized carbons (Fsp3) is 0.375. The lowest BCUT2D eigenvalue weighted by atomic mass is 9.94. The quantitative estimate of drug-likeness (QED) is 0.596. The topological polar surface area (TPSA) is 84.2 Å². The molecule has 4 rings (SSSR count). The number of amides is 1. The van der Waals surface area contributed by atoms with E-state index in [1.165, 1.54) is 6.07 Å². The van der Waals surface area contributed by atoms with Gasteiger partial charge in [0.15, 0.2) is 0 Å². The first-order valence-corrected chi connectivity index (χ1v) is 10.9. The summed E-state index contributed by atoms with van der Waals surface area (Å²) in [6, 6.07) is 8.77. The molecule has 1 fully saturated rings. The van der Waals surface area contributed by atoms with Gasteiger partial charge < -0.3 is 14.4 Å². The molecule has 8 nitrogen and oxygen atoms in total. The van der Waals surface area contributed by atoms with Crippen molar-refractivity contribution in [3.8, 4) is 11.1 Å². The maximum atomic E-state index is 13.3. The Morgan fingerprint density at radius 3 is 2.72 bits per heavy atom. The molecule has 3 aromatic heterocycles. The average Bonchev–Trinajstić information content (AvgIpc) is 2.83. The molecule has 0 saturated carbocycles. The molecular formula is C24H28N6O2. The van der Waals surface area contributed by atoms with Crippen LogP contribution >= 0.6 is 0 Å². The molecule has 1 atom stereocenters. The van der Waals surface area contributed by atoms with Gasteiger partial charge in [-0.15, -0.1) is 0 Å². The maximum Gasteiger partial charge on any atom is 0.250 e. The molecule has 0 aliphatic carbocycles. The van der Waals surface area contributed by atoms with E-state index in [4.69, 9.17) is 4.98 Å². The van der Waals surface area contributed by atoms with Gasteiger partial charge in [-0.3, -0.25) is 14.6 Å². The zero-order valence-electron chi connectivity index (χ0n) is 18.5. The van der Waals surface area contributed by atoms with E-state index < -0.39 is 0 Å². The fourth-order valence-electron chi connectivity index (χ4n) is 4.13. The van der Waals surface area contributed by atoms with E-state index in [0.29, 0.717) is 19.0 Å². The van der Waals surface area contributed by atoms with E-state index in [-0.39, 0.29) is 23.9 Å². The third-order valence-corrected chi connectivity index (χ3v) is 5.80. The van der Waals surface area contributed by atoms with Crippen molar-refractivity contribution in [1.29, 1.82) is 0 Å². The molecule has 0 spiro atoms. The second-order valence-corrected chi connectivity index (χ2v) is 8.18. The van der Waals surface area contributed by atoms with E-state index >= 15 is 0 Å². The molecule has 0 bridgehead atoms. The molecule has 0 radical (unpaired) electrons. The normalized spacial score (nSPS) is 16.1. The number of nitrogens with zero attached hydrogens (tertiary/aromatic N) is 6. The first-order valence-electron chi connectivity index (χ1n) is 10.9. The second kappa shape index (κ2) is 9.72. The number of hydrogen-bond acceptors (Lipinski definition) is 6. The molecule has 1 aliphatic heterocycles. The summed E-state index contributed by atoms with van der Waals surface area (Å²) in [5.74, 6) is 0.655. The Labute approximate surface area is 187 Å². The number of pyridine rings is 2. The van der Waals surface area contributed by atoms with Gasteiger partial charge in [0.05, 0.1) is 11.7 Å². The first kappa shape index (κ1) is 21.7. The van der Waals surface area contributed by atoms with Crippen molar-refractivity contribution >= 4 is 11.9 Å². The minimum absolute atomic E-state index is 0.0381. The van der Waals surface area contributed by atoms with E-state index in [1.807, 2.05) is 42.2 Å². The highest BCUT2D eigenvalue weighted by Gasteiger charge is 2.31. The Hall–Kier alpha value is -3.55. The number of piperidine rings is 1. The van der Waals surface area contributed by atoms with Crippen LogP contribution in [0.4, 0.5) is 5.95 Å². The molecule has 1 aliphatic rings. The predicted molar refractivity (Wildman–Crippen MR) is 123 cm³/mol. The smallest absolute Gasteiger partial charge is 0.250 e. The number of anilines is 1. The Balaban J connectivity index is 1.65. The number of hydrogen-bond donors (Lipinski definition) is 0. The summed E-state index contributed by atoms with van der Waals surface area (Å²) in [7, 11) is 3.82. The van der Waals surface area contributed by atoms with Crippen molar-refractivity contribution in [2.75, 3.05) is 25.5 Å². The van der Waals surface area contributed by atoms with Crippen molar-refractivity contribution in [2.45, 2.75) is 38.3 Å². The van der Waals surface area contributed by atoms with Crippen LogP contribution in [-0.4, -0.2) is 51.0 Å². The molecule has 166 valence electrons. The Kier molecular flexibility index (Phi) is 6.58. The van der Waals surface area contributed by atoms with E-state index in [2.05, 4.69) is 9.97 Å². The number of carbonyl (C=O) groups is 1. The van der Waals surface area contributed by atoms with Gasteiger partial charge in [0.1, 0.15) is 0 Å². The molecule has 32 heavy (non-hydrogen) atoms. The predicted octanol–water partition coefficient (Wildman–Crippen LogP) is 2.91. The lowest BCUT2D eigenvalue weighted by Gasteiger charge is -2.36. The third kappa shape index (κ3) is 4.69. The first-order chi connectivity index (χ1) is 15.5. The van der Waals surface area contributed by atoms with Crippen molar-refractivity contribution in [2.24, 2.45) is 0 Å². The van der Waals surface area contributed by atoms with Crippen LogP contribution in [0, 0.1) is 0 Å². The van der Waals surface area contributed by atoms with Gasteiger partial charge in [-0.25, -0.2) is 9.97 Å². The third-order valence-electron chi connectivity index (χ3n) is 5.80. The summed E-state index contributed by atoms with van der Waals surface area (Å²) in [6.07, 6.45) is 10.2. The van der Waals surface area contributed by atoms with Gasteiger partial charge in [0, 0.05) is 70.0 Å². The standard InChI is InChI=1S/C24H28N6O2/c1-28(2)24-26-17-19(18-9-12-25-13-10-18)23(27-24)20-7-3-6-15-30(20)22(32)11-16-29-14-5-4-8-21(29)31/h4-5,8-10,12-14,17,20H,3,6-7,11,15-16H2,1-2H3/t20-/m1/s1. The monoisotopic (exact) mass is 432 g/mol. The molecule has 1 saturated heterocycles. The summed E-state index contributed by atoms with van der Waals surface area (Å²) in [5, 5.41) is 0. The van der Waals surface area contributed by atoms with Crippen LogP contribution in [0.15, 0.2) is 59.9 Å². The van der Waals surface area contributed by atoms with E-state index in [0.717, 1.165) is 36.1 Å². The van der Waals surface area contributed by atoms with Crippen molar-refractivity contribution in [3.05, 3.63) is 71.2 Å². The van der Waals surface area contributed by atoms with Crippen molar-refractivity contribution in [3.63, 3.8) is 0 Å². The molecule has 3 aromatic rings. The van der Waals surface area contributed by atoms with E-state index in [9.17, 15) is 9.59 Å². The van der Waals surface area contributed by atoms with E-state index in [1.54, 1.807) is 35.3 Å². The maximum absolute atomic E-state index is 13.3. The Morgan fingerprint density at radius 2 is 1.97 bits per heavy atom. The number of likely N-dealkylation sites (tertiary alicyclic amines) is 1. The van der Waals surface area contributed by atoms with Crippen LogP contribution < -0.4 is 10.5 Å². The summed E-state index contributed by atoms with van der Waals surface area (Å²) in [5.41, 5.74) is 2.66. The zero-order chi connectivity index (χ0) is 22.5. The van der Waals surface area contributed by atoms with Gasteiger partial charge in [-0.2, -0.15) is 0 Å². The average molecular weight is 433 g/mol. The van der Waals surface area contributed by atoms with Gasteiger partial charge in [0.25, 0.3) is 5.56 Å². The van der Waals surface area contributed by atoms with Gasteiger partial charge in [-0.05, 0) is 43.0 Å². The van der Waals surface area contributed by atoms with Crippen LogP contribution in [-0.2, 0) is 11.3 Å². The Bertz CT molecular complexity index is 1130. The van der Waals surface area contributed by atoms with Crippen LogP contribution in [0.2, 0.25) is 0 Å². The minimum atomic E-state index is -0.131.